The molecule has 1 aliphatic heterocycles. The number of nitrogens with one attached hydrogen (secondary N) is 2. The van der Waals surface area contributed by atoms with Crippen molar-refractivity contribution >= 4 is 40.3 Å². The lowest BCUT2D eigenvalue weighted by Crippen LogP contribution is -2.24. The van der Waals surface area contributed by atoms with E-state index in [9.17, 15) is 4.79 Å². The van der Waals surface area contributed by atoms with Crippen LogP contribution >= 0.6 is 11.6 Å². The monoisotopic (exact) mass is 311 g/mol. The molecule has 0 fully saturated rings. The van der Waals surface area contributed by atoms with E-state index >= 15 is 0 Å². The minimum absolute atomic E-state index is 0.210. The van der Waals surface area contributed by atoms with Gasteiger partial charge in [-0.25, -0.2) is 4.98 Å². The number of aromatic nitrogens is 2. The summed E-state index contributed by atoms with van der Waals surface area (Å²) in [7, 11) is 0. The number of nitrogens with zero attached hydrogens (tertiary/aromatic N) is 1. The summed E-state index contributed by atoms with van der Waals surface area (Å²) in [5.41, 5.74) is 1.88. The Morgan fingerprint density at radius 2 is 2.05 bits per heavy atom. The van der Waals surface area contributed by atoms with E-state index in [2.05, 4.69) is 15.3 Å². The molecule has 0 saturated heterocycles. The van der Waals surface area contributed by atoms with Crippen molar-refractivity contribution < 1.29 is 9.53 Å². The van der Waals surface area contributed by atoms with Gasteiger partial charge in [-0.3, -0.25) is 4.79 Å². The van der Waals surface area contributed by atoms with Gasteiger partial charge >= 0.3 is 0 Å². The van der Waals surface area contributed by atoms with Gasteiger partial charge in [0.05, 0.1) is 0 Å². The maximum absolute atomic E-state index is 12.1. The Hall–Kier alpha value is -2.79. The molecule has 2 N–H and O–H groups in total. The first-order valence-corrected chi connectivity index (χ1v) is 7.02. The van der Waals surface area contributed by atoms with Gasteiger partial charge in [-0.2, -0.15) is 0 Å². The molecule has 2 aromatic heterocycles. The van der Waals surface area contributed by atoms with Gasteiger partial charge in [0.1, 0.15) is 5.15 Å². The van der Waals surface area contributed by atoms with E-state index in [0.29, 0.717) is 16.7 Å². The average Bonchev–Trinajstić information content (AvgIpc) is 2.92. The first-order chi connectivity index (χ1) is 10.7. The number of hydrogen-bond acceptors (Lipinski definition) is 3. The van der Waals surface area contributed by atoms with Gasteiger partial charge < -0.3 is 15.0 Å². The fraction of sp³-hybridized carbons (Fsp3) is 0. The minimum Gasteiger partial charge on any atom is -0.448 e. The predicted octanol–water partition coefficient (Wildman–Crippen LogP) is 3.59. The number of anilines is 1. The standard InChI is InChI=1S/C16H10ClN3O2/c17-14-6-5-12-15(19-14)20-16(21)13(22-12)7-9-8-18-11-4-2-1-3-10(9)11/h1-8,18H,(H,19,20,21)/b13-7+. The lowest BCUT2D eigenvalue weighted by Gasteiger charge is -2.18. The molecule has 0 radical (unpaired) electrons. The van der Waals surface area contributed by atoms with Crippen LogP contribution < -0.4 is 10.1 Å². The topological polar surface area (TPSA) is 67.0 Å². The molecule has 4 rings (SSSR count). The molecule has 0 saturated carbocycles. The number of fused-ring (bicyclic) bond motifs is 2. The number of aromatic amines is 1. The van der Waals surface area contributed by atoms with Crippen molar-refractivity contribution in [2.45, 2.75) is 0 Å². The van der Waals surface area contributed by atoms with Crippen molar-refractivity contribution in [2.24, 2.45) is 0 Å². The second-order valence-electron chi connectivity index (χ2n) is 4.84. The fourth-order valence-electron chi connectivity index (χ4n) is 2.38. The highest BCUT2D eigenvalue weighted by molar-refractivity contribution is 6.29. The van der Waals surface area contributed by atoms with Crippen molar-refractivity contribution in [3.63, 3.8) is 0 Å². The van der Waals surface area contributed by atoms with Crippen molar-refractivity contribution in [3.8, 4) is 5.75 Å². The molecular weight excluding hydrogens is 302 g/mol. The van der Waals surface area contributed by atoms with Gasteiger partial charge in [0.25, 0.3) is 5.91 Å². The van der Waals surface area contributed by atoms with Gasteiger partial charge in [-0.15, -0.1) is 0 Å². The number of amides is 1. The molecule has 3 heterocycles. The van der Waals surface area contributed by atoms with Gasteiger partial charge in [-0.05, 0) is 24.3 Å². The number of ether oxygens (including phenoxy) is 1. The third-order valence-corrected chi connectivity index (χ3v) is 3.62. The predicted molar refractivity (Wildman–Crippen MR) is 84.8 cm³/mol. The summed E-state index contributed by atoms with van der Waals surface area (Å²) in [5, 5.41) is 3.99. The van der Waals surface area contributed by atoms with E-state index < -0.39 is 0 Å². The summed E-state index contributed by atoms with van der Waals surface area (Å²) in [5.74, 6) is 0.651. The molecule has 3 aromatic rings. The Bertz CT molecular complexity index is 930. The number of H-pyrrole nitrogens is 1. The van der Waals surface area contributed by atoms with E-state index in [4.69, 9.17) is 16.3 Å². The number of para-hydroxylation sites is 1. The van der Waals surface area contributed by atoms with Crippen LogP contribution in [-0.4, -0.2) is 15.9 Å². The summed E-state index contributed by atoms with van der Waals surface area (Å²) in [6.07, 6.45) is 3.54. The van der Waals surface area contributed by atoms with E-state index in [-0.39, 0.29) is 11.7 Å². The van der Waals surface area contributed by atoms with Gasteiger partial charge in [0.15, 0.2) is 17.3 Å². The summed E-state index contributed by atoms with van der Waals surface area (Å²) < 4.78 is 5.64. The van der Waals surface area contributed by atoms with Crippen LogP contribution in [0.15, 0.2) is 48.4 Å². The third-order valence-electron chi connectivity index (χ3n) is 3.41. The zero-order chi connectivity index (χ0) is 15.1. The van der Waals surface area contributed by atoms with Crippen LogP contribution in [-0.2, 0) is 4.79 Å². The molecule has 0 atom stereocenters. The smallest absolute Gasteiger partial charge is 0.292 e. The first kappa shape index (κ1) is 12.9. The Morgan fingerprint density at radius 3 is 2.95 bits per heavy atom. The van der Waals surface area contributed by atoms with E-state index in [1.54, 1.807) is 18.2 Å². The summed E-state index contributed by atoms with van der Waals surface area (Å²) >= 11 is 5.80. The number of hydrogen-bond donors (Lipinski definition) is 2. The number of benzene rings is 1. The molecule has 1 aromatic carbocycles. The second-order valence-corrected chi connectivity index (χ2v) is 5.22. The molecule has 0 spiro atoms. The average molecular weight is 312 g/mol. The second kappa shape index (κ2) is 4.89. The van der Waals surface area contributed by atoms with Crippen LogP contribution in [0.4, 0.5) is 5.82 Å². The van der Waals surface area contributed by atoms with Crippen LogP contribution in [0.5, 0.6) is 5.75 Å². The highest BCUT2D eigenvalue weighted by atomic mass is 35.5. The molecule has 0 aliphatic carbocycles. The largest absolute Gasteiger partial charge is 0.448 e. The SMILES string of the molecule is O=C1Nc2nc(Cl)ccc2O/C1=C/c1c[nH]c2ccccc12. The first-order valence-electron chi connectivity index (χ1n) is 6.64. The van der Waals surface area contributed by atoms with Crippen molar-refractivity contribution in [3.05, 3.63) is 59.1 Å². The lowest BCUT2D eigenvalue weighted by molar-refractivity contribution is -0.115. The van der Waals surface area contributed by atoms with Crippen LogP contribution in [0.3, 0.4) is 0 Å². The highest BCUT2D eigenvalue weighted by Gasteiger charge is 2.23. The maximum Gasteiger partial charge on any atom is 0.292 e. The zero-order valence-corrected chi connectivity index (χ0v) is 12.0. The Kier molecular flexibility index (Phi) is 2.87. The molecule has 0 bridgehead atoms. The molecule has 22 heavy (non-hydrogen) atoms. The minimum atomic E-state index is -0.354. The quantitative estimate of drug-likeness (QED) is 0.533. The van der Waals surface area contributed by atoms with Crippen LogP contribution in [0, 0.1) is 0 Å². The normalized spacial score (nSPS) is 15.5. The molecule has 108 valence electrons. The van der Waals surface area contributed by atoms with E-state index in [1.165, 1.54) is 0 Å². The lowest BCUT2D eigenvalue weighted by atomic mass is 10.1. The van der Waals surface area contributed by atoms with Crippen LogP contribution in [0.1, 0.15) is 5.56 Å². The highest BCUT2D eigenvalue weighted by Crippen LogP contribution is 2.31. The van der Waals surface area contributed by atoms with Gasteiger partial charge in [0, 0.05) is 22.7 Å². The number of rotatable bonds is 1. The maximum atomic E-state index is 12.1. The fourth-order valence-corrected chi connectivity index (χ4v) is 2.53. The number of halogens is 1. The number of pyridine rings is 1. The Balaban J connectivity index is 1.76. The molecular formula is C16H10ClN3O2. The third kappa shape index (κ3) is 2.12. The Labute approximate surface area is 130 Å². The summed E-state index contributed by atoms with van der Waals surface area (Å²) in [4.78, 5) is 19.3. The van der Waals surface area contributed by atoms with Crippen molar-refractivity contribution in [1.82, 2.24) is 9.97 Å². The van der Waals surface area contributed by atoms with E-state index in [1.807, 2.05) is 30.5 Å². The molecule has 1 amide bonds. The number of carbonyl (C=O) groups excluding carboxylic acids is 1. The molecule has 5 nitrogen and oxygen atoms in total. The number of carbonyl (C=O) groups is 1. The summed E-state index contributed by atoms with van der Waals surface area (Å²) in [6, 6.07) is 11.1. The van der Waals surface area contributed by atoms with Gasteiger partial charge in [-0.1, -0.05) is 29.8 Å². The van der Waals surface area contributed by atoms with Gasteiger partial charge in [0.2, 0.25) is 0 Å². The molecule has 0 unspecified atom stereocenters. The Morgan fingerprint density at radius 1 is 1.18 bits per heavy atom. The van der Waals surface area contributed by atoms with Crippen molar-refractivity contribution in [1.29, 1.82) is 0 Å². The molecule has 1 aliphatic rings. The van der Waals surface area contributed by atoms with Crippen molar-refractivity contribution in [2.75, 3.05) is 5.32 Å². The van der Waals surface area contributed by atoms with Crippen LogP contribution in [0.25, 0.3) is 17.0 Å². The van der Waals surface area contributed by atoms with E-state index in [0.717, 1.165) is 16.5 Å². The molecule has 6 heteroatoms. The van der Waals surface area contributed by atoms with Crippen LogP contribution in [0.2, 0.25) is 5.15 Å². The summed E-state index contributed by atoms with van der Waals surface area (Å²) in [6.45, 7) is 0. The zero-order valence-electron chi connectivity index (χ0n) is 11.3.